The predicted octanol–water partition coefficient (Wildman–Crippen LogP) is -3.32. The summed E-state index contributed by atoms with van der Waals surface area (Å²) >= 11 is 0. The van der Waals surface area contributed by atoms with E-state index < -0.39 is 41.6 Å². The Hall–Kier alpha value is -2.44. The van der Waals surface area contributed by atoms with Gasteiger partial charge < -0.3 is 37.0 Å². The van der Waals surface area contributed by atoms with Gasteiger partial charge in [-0.1, -0.05) is 13.8 Å². The molecule has 144 valence electrons. The molecular weight excluding hydrogens is 338 g/mol. The highest BCUT2D eigenvalue weighted by atomic mass is 16.3. The maximum absolute atomic E-state index is 11.3. The van der Waals surface area contributed by atoms with Crippen molar-refractivity contribution in [2.75, 3.05) is 19.8 Å². The number of urea groups is 2. The Labute approximate surface area is 144 Å². The van der Waals surface area contributed by atoms with Crippen LogP contribution in [0.3, 0.4) is 0 Å². The number of hydrogen-bond donors (Lipinski definition) is 8. The maximum atomic E-state index is 11.3. The first kappa shape index (κ1) is 22.6. The number of rotatable bonds is 7. The highest BCUT2D eigenvalue weighted by Gasteiger charge is 2.32. The molecule has 0 saturated carbocycles. The largest absolute Gasteiger partial charge is 0.396 e. The highest BCUT2D eigenvalue weighted by molar-refractivity contribution is 6.05. The zero-order chi connectivity index (χ0) is 19.6. The Bertz CT molecular complexity index is 497. The molecule has 0 spiro atoms. The summed E-state index contributed by atoms with van der Waals surface area (Å²) in [6, 6.07) is -1.51. The van der Waals surface area contributed by atoms with Gasteiger partial charge in [0, 0.05) is 18.6 Å². The number of imide groups is 1. The van der Waals surface area contributed by atoms with Gasteiger partial charge in [-0.05, 0) is 6.42 Å². The molecule has 1 unspecified atom stereocenters. The van der Waals surface area contributed by atoms with Crippen LogP contribution >= 0.6 is 0 Å². The molecule has 0 bridgehead atoms. The second-order valence-corrected chi connectivity index (χ2v) is 5.82. The average Bonchev–Trinajstić information content (AvgIpc) is 2.84. The van der Waals surface area contributed by atoms with Gasteiger partial charge in [0.05, 0.1) is 6.61 Å². The average molecular weight is 363 g/mol. The SMILES string of the molecule is CC(C)(CO)[C@@H](O)C(=O)NCCCO.NC(=O)NC1NC(=O)NC1=O. The van der Waals surface area contributed by atoms with E-state index in [-0.39, 0.29) is 13.2 Å². The van der Waals surface area contributed by atoms with E-state index >= 15 is 0 Å². The number of amides is 6. The van der Waals surface area contributed by atoms with Crippen LogP contribution in [-0.4, -0.2) is 71.2 Å². The summed E-state index contributed by atoms with van der Waals surface area (Å²) in [6.45, 7) is 3.27. The van der Waals surface area contributed by atoms with Crippen LogP contribution in [0.2, 0.25) is 0 Å². The molecule has 1 aliphatic rings. The molecule has 0 aromatic heterocycles. The van der Waals surface area contributed by atoms with Gasteiger partial charge in [-0.2, -0.15) is 0 Å². The van der Waals surface area contributed by atoms with E-state index in [0.29, 0.717) is 13.0 Å². The fourth-order valence-corrected chi connectivity index (χ4v) is 1.49. The number of hydrogen-bond acceptors (Lipinski definition) is 7. The minimum absolute atomic E-state index is 0.000230. The molecule has 1 fully saturated rings. The summed E-state index contributed by atoms with van der Waals surface area (Å²) in [6.07, 6.45) is -1.82. The molecule has 9 N–H and O–H groups in total. The van der Waals surface area contributed by atoms with Crippen molar-refractivity contribution in [3.63, 3.8) is 0 Å². The Morgan fingerprint density at radius 3 is 2.32 bits per heavy atom. The van der Waals surface area contributed by atoms with Crippen LogP contribution in [0.5, 0.6) is 0 Å². The molecule has 0 aromatic rings. The van der Waals surface area contributed by atoms with Crippen LogP contribution in [0.4, 0.5) is 9.59 Å². The standard InChI is InChI=1S/C9H19NO4.C4H6N4O3/c1-9(2,6-12)7(13)8(14)10-4-3-5-11;5-3(10)6-1-2(9)8-4(11)7-1/h7,11-13H,3-6H2,1-2H3,(H,10,14);1H,(H3,5,6,10)(H2,7,8,9,11)/t7-;/m0./s1. The van der Waals surface area contributed by atoms with Gasteiger partial charge in [0.15, 0.2) is 6.17 Å². The van der Waals surface area contributed by atoms with Gasteiger partial charge in [0.1, 0.15) is 6.10 Å². The number of aliphatic hydroxyl groups is 3. The number of nitrogens with one attached hydrogen (secondary N) is 4. The number of aliphatic hydroxyl groups excluding tert-OH is 3. The van der Waals surface area contributed by atoms with Gasteiger partial charge >= 0.3 is 12.1 Å². The van der Waals surface area contributed by atoms with Crippen molar-refractivity contribution < 1.29 is 34.5 Å². The molecule has 0 aromatic carbocycles. The summed E-state index contributed by atoms with van der Waals surface area (Å²) in [5.41, 5.74) is 3.85. The second-order valence-electron chi connectivity index (χ2n) is 5.82. The number of primary amides is 1. The summed E-state index contributed by atoms with van der Waals surface area (Å²) in [5, 5.41) is 35.4. The van der Waals surface area contributed by atoms with Crippen LogP contribution in [0, 0.1) is 5.41 Å². The molecule has 25 heavy (non-hydrogen) atoms. The third-order valence-corrected chi connectivity index (χ3v) is 3.09. The van der Waals surface area contributed by atoms with Crippen LogP contribution in [0.1, 0.15) is 20.3 Å². The van der Waals surface area contributed by atoms with Gasteiger partial charge in [-0.25, -0.2) is 9.59 Å². The molecule has 1 saturated heterocycles. The minimum atomic E-state index is -1.23. The van der Waals surface area contributed by atoms with Gasteiger partial charge in [-0.3, -0.25) is 14.9 Å². The molecule has 12 heteroatoms. The van der Waals surface area contributed by atoms with Gasteiger partial charge in [0.25, 0.3) is 5.91 Å². The lowest BCUT2D eigenvalue weighted by molar-refractivity contribution is -0.137. The van der Waals surface area contributed by atoms with Gasteiger partial charge in [0.2, 0.25) is 5.91 Å². The van der Waals surface area contributed by atoms with Crippen molar-refractivity contribution >= 4 is 23.9 Å². The fraction of sp³-hybridized carbons (Fsp3) is 0.692. The molecule has 0 radical (unpaired) electrons. The third-order valence-electron chi connectivity index (χ3n) is 3.09. The molecular formula is C13H25N5O7. The zero-order valence-corrected chi connectivity index (χ0v) is 14.0. The molecule has 1 rings (SSSR count). The first-order valence-electron chi connectivity index (χ1n) is 7.40. The van der Waals surface area contributed by atoms with E-state index in [2.05, 4.69) is 10.6 Å². The topological polar surface area (TPSA) is 203 Å². The summed E-state index contributed by atoms with van der Waals surface area (Å²) < 4.78 is 0. The lowest BCUT2D eigenvalue weighted by Crippen LogP contribution is -2.48. The molecule has 6 amide bonds. The summed E-state index contributed by atoms with van der Waals surface area (Å²) in [5.74, 6) is -1.13. The normalized spacial score (nSPS) is 17.6. The van der Waals surface area contributed by atoms with E-state index in [1.807, 2.05) is 10.6 Å². The van der Waals surface area contributed by atoms with Crippen LogP contribution in [0.25, 0.3) is 0 Å². The first-order chi connectivity index (χ1) is 11.5. The smallest absolute Gasteiger partial charge is 0.323 e. The number of nitrogens with two attached hydrogens (primary N) is 1. The van der Waals surface area contributed by atoms with Crippen molar-refractivity contribution in [2.45, 2.75) is 32.5 Å². The van der Waals surface area contributed by atoms with Crippen molar-refractivity contribution in [3.05, 3.63) is 0 Å². The Morgan fingerprint density at radius 2 is 1.92 bits per heavy atom. The quantitative estimate of drug-likeness (QED) is 0.171. The molecule has 12 nitrogen and oxygen atoms in total. The Kier molecular flexibility index (Phi) is 9.41. The molecule has 2 atom stereocenters. The van der Waals surface area contributed by atoms with Crippen molar-refractivity contribution in [2.24, 2.45) is 11.1 Å². The van der Waals surface area contributed by atoms with E-state index in [0.717, 1.165) is 0 Å². The van der Waals surface area contributed by atoms with Crippen LogP contribution in [-0.2, 0) is 9.59 Å². The fourth-order valence-electron chi connectivity index (χ4n) is 1.49. The van der Waals surface area contributed by atoms with Crippen molar-refractivity contribution in [1.82, 2.24) is 21.3 Å². The van der Waals surface area contributed by atoms with E-state index in [1.165, 1.54) is 0 Å². The predicted molar refractivity (Wildman–Crippen MR) is 84.8 cm³/mol. The van der Waals surface area contributed by atoms with E-state index in [1.54, 1.807) is 13.8 Å². The zero-order valence-electron chi connectivity index (χ0n) is 14.0. The lowest BCUT2D eigenvalue weighted by atomic mass is 9.87. The van der Waals surface area contributed by atoms with Gasteiger partial charge in [-0.15, -0.1) is 0 Å². The molecule has 1 aliphatic heterocycles. The first-order valence-corrected chi connectivity index (χ1v) is 7.40. The summed E-state index contributed by atoms with van der Waals surface area (Å²) in [7, 11) is 0. The maximum Gasteiger partial charge on any atom is 0.323 e. The molecule has 1 heterocycles. The highest BCUT2D eigenvalue weighted by Crippen LogP contribution is 2.19. The van der Waals surface area contributed by atoms with Crippen molar-refractivity contribution in [3.8, 4) is 0 Å². The lowest BCUT2D eigenvalue weighted by Gasteiger charge is -2.27. The second kappa shape index (κ2) is 10.4. The van der Waals surface area contributed by atoms with Crippen molar-refractivity contribution in [1.29, 1.82) is 0 Å². The van der Waals surface area contributed by atoms with E-state index in [9.17, 15) is 24.3 Å². The molecule has 0 aliphatic carbocycles. The van der Waals surface area contributed by atoms with E-state index in [4.69, 9.17) is 15.9 Å². The van der Waals surface area contributed by atoms with Crippen LogP contribution < -0.4 is 27.0 Å². The van der Waals surface area contributed by atoms with Crippen LogP contribution in [0.15, 0.2) is 0 Å². The monoisotopic (exact) mass is 363 g/mol. The number of carbonyl (C=O) groups is 4. The Morgan fingerprint density at radius 1 is 1.32 bits per heavy atom. The Balaban J connectivity index is 0.000000472. The minimum Gasteiger partial charge on any atom is -0.396 e. The third kappa shape index (κ3) is 8.28. The number of carbonyl (C=O) groups excluding carboxylic acids is 4. The summed E-state index contributed by atoms with van der Waals surface area (Å²) in [4.78, 5) is 42.5.